The number of carbonyl (C=O) groups is 1. The van der Waals surface area contributed by atoms with E-state index >= 15 is 0 Å². The van der Waals surface area contributed by atoms with Gasteiger partial charge in [0.1, 0.15) is 5.56 Å². The van der Waals surface area contributed by atoms with Gasteiger partial charge in [-0.2, -0.15) is 0 Å². The molecule has 0 saturated carbocycles. The summed E-state index contributed by atoms with van der Waals surface area (Å²) in [6.45, 7) is 1.84. The van der Waals surface area contributed by atoms with Gasteiger partial charge in [-0.15, -0.1) is 0 Å². The van der Waals surface area contributed by atoms with Crippen LogP contribution in [0.25, 0.3) is 0 Å². The lowest BCUT2D eigenvalue weighted by Gasteiger charge is -2.11. The molecule has 0 spiro atoms. The Kier molecular flexibility index (Phi) is 4.69. The van der Waals surface area contributed by atoms with Crippen LogP contribution in [0.3, 0.4) is 0 Å². The number of anilines is 1. The van der Waals surface area contributed by atoms with E-state index in [1.54, 1.807) is 0 Å². The van der Waals surface area contributed by atoms with Gasteiger partial charge in [0.25, 0.3) is 5.69 Å². The summed E-state index contributed by atoms with van der Waals surface area (Å²) in [6.07, 6.45) is 1.71. The SMILES string of the molecule is O=C(O)c1cc(NCCC2CCOC2)c(F)cc1[N+](=O)[O-]. The minimum atomic E-state index is -1.46. The number of hydrogen-bond donors (Lipinski definition) is 2. The number of nitrogens with zero attached hydrogens (tertiary/aromatic N) is 1. The number of carboxylic acids is 1. The van der Waals surface area contributed by atoms with Gasteiger partial charge >= 0.3 is 5.97 Å². The molecule has 1 atom stereocenters. The Bertz CT molecular complexity index is 558. The summed E-state index contributed by atoms with van der Waals surface area (Å²) < 4.78 is 19.0. The quantitative estimate of drug-likeness (QED) is 0.617. The minimum absolute atomic E-state index is 0.0445. The number of carboxylic acid groups (broad SMARTS) is 1. The average Bonchev–Trinajstić information content (AvgIpc) is 2.92. The molecule has 7 nitrogen and oxygen atoms in total. The molecule has 2 rings (SSSR count). The van der Waals surface area contributed by atoms with E-state index in [1.165, 1.54) is 0 Å². The monoisotopic (exact) mass is 298 g/mol. The number of nitro benzene ring substituents is 1. The van der Waals surface area contributed by atoms with Crippen molar-refractivity contribution in [1.82, 2.24) is 0 Å². The first kappa shape index (κ1) is 15.2. The highest BCUT2D eigenvalue weighted by Gasteiger charge is 2.23. The predicted molar refractivity (Wildman–Crippen MR) is 72.0 cm³/mol. The van der Waals surface area contributed by atoms with Gasteiger partial charge in [0.2, 0.25) is 0 Å². The van der Waals surface area contributed by atoms with Gasteiger partial charge in [0, 0.05) is 19.8 Å². The Morgan fingerprint density at radius 3 is 2.90 bits per heavy atom. The smallest absolute Gasteiger partial charge is 0.342 e. The standard InChI is InChI=1S/C13H15FN2O5/c14-10-6-12(16(19)20)9(13(17)18)5-11(10)15-3-1-8-2-4-21-7-8/h5-6,8,15H,1-4,7H2,(H,17,18). The Balaban J connectivity index is 2.09. The first-order chi connectivity index (χ1) is 9.99. The normalized spacial score (nSPS) is 17.7. The van der Waals surface area contributed by atoms with Crippen molar-refractivity contribution in [2.24, 2.45) is 5.92 Å². The van der Waals surface area contributed by atoms with Gasteiger partial charge in [-0.3, -0.25) is 10.1 Å². The van der Waals surface area contributed by atoms with E-state index in [9.17, 15) is 19.3 Å². The molecule has 0 aromatic heterocycles. The van der Waals surface area contributed by atoms with Crippen LogP contribution in [0.15, 0.2) is 12.1 Å². The van der Waals surface area contributed by atoms with Crippen LogP contribution < -0.4 is 5.32 Å². The van der Waals surface area contributed by atoms with E-state index in [1.807, 2.05) is 0 Å². The van der Waals surface area contributed by atoms with Crippen molar-refractivity contribution in [2.45, 2.75) is 12.8 Å². The number of benzene rings is 1. The molecule has 1 unspecified atom stereocenters. The molecule has 0 aliphatic carbocycles. The first-order valence-corrected chi connectivity index (χ1v) is 6.52. The fraction of sp³-hybridized carbons (Fsp3) is 0.462. The largest absolute Gasteiger partial charge is 0.477 e. The number of aromatic carboxylic acids is 1. The van der Waals surface area contributed by atoms with Crippen molar-refractivity contribution < 1.29 is 24.0 Å². The highest BCUT2D eigenvalue weighted by molar-refractivity contribution is 5.93. The average molecular weight is 298 g/mol. The molecule has 1 aliphatic rings. The maximum Gasteiger partial charge on any atom is 0.342 e. The maximum atomic E-state index is 13.8. The zero-order chi connectivity index (χ0) is 15.4. The molecule has 0 bridgehead atoms. The van der Waals surface area contributed by atoms with E-state index in [0.717, 1.165) is 25.5 Å². The van der Waals surface area contributed by atoms with Gasteiger partial charge in [-0.05, 0) is 24.8 Å². The molecule has 1 aliphatic heterocycles. The zero-order valence-corrected chi connectivity index (χ0v) is 11.2. The minimum Gasteiger partial charge on any atom is -0.477 e. The first-order valence-electron chi connectivity index (χ1n) is 6.52. The van der Waals surface area contributed by atoms with E-state index in [2.05, 4.69) is 5.32 Å². The van der Waals surface area contributed by atoms with Gasteiger partial charge < -0.3 is 15.2 Å². The summed E-state index contributed by atoms with van der Waals surface area (Å²) in [5.74, 6) is -1.90. The van der Waals surface area contributed by atoms with Crippen LogP contribution in [0.5, 0.6) is 0 Å². The summed E-state index contributed by atoms with van der Waals surface area (Å²) in [4.78, 5) is 20.8. The van der Waals surface area contributed by atoms with Gasteiger partial charge in [-0.25, -0.2) is 9.18 Å². The molecular weight excluding hydrogens is 283 g/mol. The van der Waals surface area contributed by atoms with Crippen LogP contribution in [0.1, 0.15) is 23.2 Å². The highest BCUT2D eigenvalue weighted by atomic mass is 19.1. The molecule has 0 amide bonds. The molecule has 1 aromatic rings. The maximum absolute atomic E-state index is 13.8. The lowest BCUT2D eigenvalue weighted by atomic mass is 10.1. The van der Waals surface area contributed by atoms with Crippen LogP contribution in [0.4, 0.5) is 15.8 Å². The zero-order valence-electron chi connectivity index (χ0n) is 11.2. The van der Waals surface area contributed by atoms with E-state index in [-0.39, 0.29) is 5.69 Å². The van der Waals surface area contributed by atoms with Crippen LogP contribution in [-0.2, 0) is 4.74 Å². The fourth-order valence-corrected chi connectivity index (χ4v) is 2.24. The summed E-state index contributed by atoms with van der Waals surface area (Å²) in [7, 11) is 0. The second-order valence-corrected chi connectivity index (χ2v) is 4.86. The summed E-state index contributed by atoms with van der Waals surface area (Å²) in [5.41, 5.74) is -1.33. The van der Waals surface area contributed by atoms with E-state index in [0.29, 0.717) is 25.1 Å². The number of rotatable bonds is 6. The second-order valence-electron chi connectivity index (χ2n) is 4.86. The molecule has 1 heterocycles. The van der Waals surface area contributed by atoms with Crippen molar-refractivity contribution >= 4 is 17.3 Å². The fourth-order valence-electron chi connectivity index (χ4n) is 2.24. The van der Waals surface area contributed by atoms with Gasteiger partial charge in [0.15, 0.2) is 5.82 Å². The third kappa shape index (κ3) is 3.66. The second kappa shape index (κ2) is 6.49. The molecule has 1 aromatic carbocycles. The Hall–Kier alpha value is -2.22. The van der Waals surface area contributed by atoms with Crippen molar-refractivity contribution in [3.8, 4) is 0 Å². The van der Waals surface area contributed by atoms with Crippen molar-refractivity contribution in [2.75, 3.05) is 25.1 Å². The molecule has 1 fully saturated rings. The van der Waals surface area contributed by atoms with E-state index < -0.39 is 28.0 Å². The third-order valence-corrected chi connectivity index (χ3v) is 3.40. The summed E-state index contributed by atoms with van der Waals surface area (Å²) in [5, 5.41) is 22.5. The molecule has 0 radical (unpaired) electrons. The molecule has 2 N–H and O–H groups in total. The Morgan fingerprint density at radius 2 is 2.33 bits per heavy atom. The van der Waals surface area contributed by atoms with Crippen LogP contribution >= 0.6 is 0 Å². The predicted octanol–water partition coefficient (Wildman–Crippen LogP) is 2.27. The topological polar surface area (TPSA) is 102 Å². The molecule has 21 heavy (non-hydrogen) atoms. The number of nitro groups is 1. The van der Waals surface area contributed by atoms with Crippen molar-refractivity contribution in [3.05, 3.63) is 33.6 Å². The van der Waals surface area contributed by atoms with Crippen LogP contribution in [0.2, 0.25) is 0 Å². The number of ether oxygens (including phenoxy) is 1. The number of hydrogen-bond acceptors (Lipinski definition) is 5. The molecule has 1 saturated heterocycles. The molecule has 8 heteroatoms. The summed E-state index contributed by atoms with van der Waals surface area (Å²) >= 11 is 0. The molecular formula is C13H15FN2O5. The Labute approximate surface area is 119 Å². The lowest BCUT2D eigenvalue weighted by molar-refractivity contribution is -0.385. The Morgan fingerprint density at radius 1 is 1.57 bits per heavy atom. The number of nitrogens with one attached hydrogen (secondary N) is 1. The molecule has 114 valence electrons. The van der Waals surface area contributed by atoms with E-state index in [4.69, 9.17) is 9.84 Å². The summed E-state index contributed by atoms with van der Waals surface area (Å²) in [6, 6.07) is 1.59. The van der Waals surface area contributed by atoms with Gasteiger partial charge in [0.05, 0.1) is 16.7 Å². The number of halogens is 1. The van der Waals surface area contributed by atoms with Crippen molar-refractivity contribution in [1.29, 1.82) is 0 Å². The van der Waals surface area contributed by atoms with Gasteiger partial charge in [-0.1, -0.05) is 0 Å². The lowest BCUT2D eigenvalue weighted by Crippen LogP contribution is -2.11. The highest BCUT2D eigenvalue weighted by Crippen LogP contribution is 2.26. The van der Waals surface area contributed by atoms with Crippen LogP contribution in [0, 0.1) is 21.8 Å². The third-order valence-electron chi connectivity index (χ3n) is 3.40. The van der Waals surface area contributed by atoms with Crippen molar-refractivity contribution in [3.63, 3.8) is 0 Å². The van der Waals surface area contributed by atoms with Crippen LogP contribution in [-0.4, -0.2) is 35.8 Å².